The number of aryl methyl sites for hydroxylation is 1. The monoisotopic (exact) mass is 376 g/mol. The zero-order valence-corrected chi connectivity index (χ0v) is 16.1. The largest absolute Gasteiger partial charge is 0.494 e. The molecule has 1 unspecified atom stereocenters. The van der Waals surface area contributed by atoms with Gasteiger partial charge in [0.15, 0.2) is 0 Å². The molecule has 6 nitrogen and oxygen atoms in total. The van der Waals surface area contributed by atoms with Gasteiger partial charge < -0.3 is 15.2 Å². The van der Waals surface area contributed by atoms with E-state index in [1.54, 1.807) is 6.92 Å². The van der Waals surface area contributed by atoms with Crippen molar-refractivity contribution in [1.82, 2.24) is 10.3 Å². The molecule has 0 aliphatic heterocycles. The minimum absolute atomic E-state index is 0.123. The van der Waals surface area contributed by atoms with Gasteiger partial charge in [0.05, 0.1) is 18.2 Å². The molecule has 0 aliphatic carbocycles. The number of nitrogens with one attached hydrogen (secondary N) is 1. The van der Waals surface area contributed by atoms with Crippen LogP contribution in [0.3, 0.4) is 0 Å². The lowest BCUT2D eigenvalue weighted by Gasteiger charge is -2.11. The summed E-state index contributed by atoms with van der Waals surface area (Å²) in [6.07, 6.45) is 1.29. The third-order valence-electron chi connectivity index (χ3n) is 3.91. The lowest BCUT2D eigenvalue weighted by Crippen LogP contribution is -2.32. The molecular formula is C19H24N2O4S. The summed E-state index contributed by atoms with van der Waals surface area (Å²) in [5.41, 5.74) is 1.55. The van der Waals surface area contributed by atoms with Crippen LogP contribution in [0.15, 0.2) is 24.3 Å². The average molecular weight is 376 g/mol. The number of thiazole rings is 1. The topological polar surface area (TPSA) is 88.5 Å². The van der Waals surface area contributed by atoms with Crippen molar-refractivity contribution in [2.75, 3.05) is 13.2 Å². The van der Waals surface area contributed by atoms with Crippen molar-refractivity contribution in [3.63, 3.8) is 0 Å². The Labute approximate surface area is 157 Å². The molecule has 2 rings (SSSR count). The second-order valence-electron chi connectivity index (χ2n) is 5.92. The number of carboxylic acid groups (broad SMARTS) is 1. The summed E-state index contributed by atoms with van der Waals surface area (Å²) in [5.74, 6) is -0.941. The first-order valence-corrected chi connectivity index (χ1v) is 9.49. The second kappa shape index (κ2) is 9.33. The van der Waals surface area contributed by atoms with Gasteiger partial charge in [-0.05, 0) is 44.5 Å². The maximum atomic E-state index is 12.4. The van der Waals surface area contributed by atoms with E-state index < -0.39 is 11.9 Å². The van der Waals surface area contributed by atoms with Crippen molar-refractivity contribution >= 4 is 23.2 Å². The van der Waals surface area contributed by atoms with Crippen LogP contribution in [0, 0.1) is 12.8 Å². The first-order valence-electron chi connectivity index (χ1n) is 8.67. The molecule has 140 valence electrons. The SMILES string of the molecule is CCCC(CNC(=O)c1sc(-c2ccc(OCC)cc2)nc1C)C(=O)O. The quantitative estimate of drug-likeness (QED) is 0.696. The fourth-order valence-electron chi connectivity index (χ4n) is 2.55. The molecule has 7 heteroatoms. The Morgan fingerprint density at radius 2 is 1.96 bits per heavy atom. The summed E-state index contributed by atoms with van der Waals surface area (Å²) >= 11 is 1.30. The Balaban J connectivity index is 2.08. The second-order valence-corrected chi connectivity index (χ2v) is 6.92. The summed E-state index contributed by atoms with van der Waals surface area (Å²) < 4.78 is 5.43. The summed E-state index contributed by atoms with van der Waals surface area (Å²) in [4.78, 5) is 28.6. The van der Waals surface area contributed by atoms with Gasteiger partial charge in [-0.2, -0.15) is 0 Å². The number of aliphatic carboxylic acids is 1. The minimum atomic E-state index is -0.886. The third-order valence-corrected chi connectivity index (χ3v) is 5.12. The maximum Gasteiger partial charge on any atom is 0.308 e. The number of nitrogens with zero attached hydrogens (tertiary/aromatic N) is 1. The van der Waals surface area contributed by atoms with Gasteiger partial charge in [-0.25, -0.2) is 4.98 Å². The number of benzene rings is 1. The molecule has 1 atom stereocenters. The minimum Gasteiger partial charge on any atom is -0.494 e. The number of carbonyl (C=O) groups is 2. The van der Waals surface area contributed by atoms with Gasteiger partial charge in [0.1, 0.15) is 15.6 Å². The van der Waals surface area contributed by atoms with Crippen LogP contribution < -0.4 is 10.1 Å². The Hall–Kier alpha value is -2.41. The van der Waals surface area contributed by atoms with Crippen molar-refractivity contribution < 1.29 is 19.4 Å². The molecule has 1 amide bonds. The number of carbonyl (C=O) groups excluding carboxylic acids is 1. The van der Waals surface area contributed by atoms with Gasteiger partial charge in [0.25, 0.3) is 5.91 Å². The molecule has 2 N–H and O–H groups in total. The molecule has 26 heavy (non-hydrogen) atoms. The lowest BCUT2D eigenvalue weighted by atomic mass is 10.0. The number of carboxylic acids is 1. The zero-order chi connectivity index (χ0) is 19.1. The third kappa shape index (κ3) is 5.05. The van der Waals surface area contributed by atoms with E-state index in [9.17, 15) is 14.7 Å². The van der Waals surface area contributed by atoms with Gasteiger partial charge in [-0.15, -0.1) is 11.3 Å². The Morgan fingerprint density at radius 1 is 1.27 bits per heavy atom. The highest BCUT2D eigenvalue weighted by atomic mass is 32.1. The van der Waals surface area contributed by atoms with Crippen LogP contribution in [0.25, 0.3) is 10.6 Å². The fraction of sp³-hybridized carbons (Fsp3) is 0.421. The number of aromatic nitrogens is 1. The van der Waals surface area contributed by atoms with Crippen LogP contribution >= 0.6 is 11.3 Å². The molecule has 0 fully saturated rings. The number of hydrogen-bond acceptors (Lipinski definition) is 5. The molecule has 0 radical (unpaired) electrons. The number of amides is 1. The molecule has 1 aromatic heterocycles. The Bertz CT molecular complexity index is 755. The molecular weight excluding hydrogens is 352 g/mol. The van der Waals surface area contributed by atoms with Crippen molar-refractivity contribution in [3.05, 3.63) is 34.8 Å². The normalized spacial score (nSPS) is 11.8. The molecule has 2 aromatic rings. The van der Waals surface area contributed by atoms with E-state index in [1.165, 1.54) is 11.3 Å². The molecule has 0 spiro atoms. The molecule has 0 aliphatic rings. The average Bonchev–Trinajstić information content (AvgIpc) is 3.01. The van der Waals surface area contributed by atoms with Crippen LogP contribution in [0.5, 0.6) is 5.75 Å². The van der Waals surface area contributed by atoms with Gasteiger partial charge in [-0.1, -0.05) is 13.3 Å². The van der Waals surface area contributed by atoms with Crippen molar-refractivity contribution in [3.8, 4) is 16.3 Å². The standard InChI is InChI=1S/C19H24N2O4S/c1-4-6-14(19(23)24)11-20-17(22)16-12(3)21-18(26-16)13-7-9-15(10-8-13)25-5-2/h7-10,14H,4-6,11H2,1-3H3,(H,20,22)(H,23,24). The van der Waals surface area contributed by atoms with Crippen LogP contribution in [0.2, 0.25) is 0 Å². The molecule has 1 aromatic carbocycles. The van der Waals surface area contributed by atoms with E-state index in [0.29, 0.717) is 23.6 Å². The van der Waals surface area contributed by atoms with Gasteiger partial charge >= 0.3 is 5.97 Å². The molecule has 0 saturated carbocycles. The smallest absolute Gasteiger partial charge is 0.308 e. The summed E-state index contributed by atoms with van der Waals surface area (Å²) in [7, 11) is 0. The lowest BCUT2D eigenvalue weighted by molar-refractivity contribution is -0.141. The van der Waals surface area contributed by atoms with Crippen molar-refractivity contribution in [2.24, 2.45) is 5.92 Å². The van der Waals surface area contributed by atoms with Crippen molar-refractivity contribution in [2.45, 2.75) is 33.6 Å². The molecule has 0 saturated heterocycles. The van der Waals surface area contributed by atoms with E-state index in [1.807, 2.05) is 38.1 Å². The van der Waals surface area contributed by atoms with E-state index in [-0.39, 0.29) is 12.5 Å². The summed E-state index contributed by atoms with van der Waals surface area (Å²) in [6.45, 7) is 6.37. The highest BCUT2D eigenvalue weighted by Crippen LogP contribution is 2.29. The number of rotatable bonds is 9. The number of hydrogen-bond donors (Lipinski definition) is 2. The van der Waals surface area contributed by atoms with Crippen LogP contribution in [-0.2, 0) is 4.79 Å². The first kappa shape index (κ1) is 19.9. The zero-order valence-electron chi connectivity index (χ0n) is 15.2. The summed E-state index contributed by atoms with van der Waals surface area (Å²) in [6, 6.07) is 7.56. The molecule has 1 heterocycles. The van der Waals surface area contributed by atoms with Crippen molar-refractivity contribution in [1.29, 1.82) is 0 Å². The van der Waals surface area contributed by atoms with Crippen LogP contribution in [0.4, 0.5) is 0 Å². The maximum absolute atomic E-state index is 12.4. The molecule has 0 bridgehead atoms. The van der Waals surface area contributed by atoms with Gasteiger partial charge in [0.2, 0.25) is 0 Å². The first-order chi connectivity index (χ1) is 12.5. The van der Waals surface area contributed by atoms with Crippen LogP contribution in [-0.4, -0.2) is 35.1 Å². The summed E-state index contributed by atoms with van der Waals surface area (Å²) in [5, 5.41) is 12.7. The van der Waals surface area contributed by atoms with E-state index in [0.717, 1.165) is 22.7 Å². The fourth-order valence-corrected chi connectivity index (χ4v) is 3.54. The van der Waals surface area contributed by atoms with E-state index in [4.69, 9.17) is 4.74 Å². The predicted octanol–water partition coefficient (Wildman–Crippen LogP) is 3.75. The Kier molecular flexibility index (Phi) is 7.15. The Morgan fingerprint density at radius 3 is 2.54 bits per heavy atom. The highest BCUT2D eigenvalue weighted by molar-refractivity contribution is 7.17. The highest BCUT2D eigenvalue weighted by Gasteiger charge is 2.20. The number of ether oxygens (including phenoxy) is 1. The van der Waals surface area contributed by atoms with E-state index >= 15 is 0 Å². The van der Waals surface area contributed by atoms with Gasteiger partial charge in [-0.3, -0.25) is 9.59 Å². The van der Waals surface area contributed by atoms with Crippen LogP contribution in [0.1, 0.15) is 42.1 Å². The van der Waals surface area contributed by atoms with E-state index in [2.05, 4.69) is 10.3 Å². The predicted molar refractivity (Wildman–Crippen MR) is 102 cm³/mol. The van der Waals surface area contributed by atoms with Gasteiger partial charge in [0, 0.05) is 12.1 Å².